The minimum Gasteiger partial charge on any atom is -0.366 e. The van der Waals surface area contributed by atoms with Crippen LogP contribution in [0.3, 0.4) is 0 Å². The Morgan fingerprint density at radius 2 is 1.76 bits per heavy atom. The number of anilines is 1. The fraction of sp³-hybridized carbons (Fsp3) is 0.375. The minimum absolute atomic E-state index is 0.266. The number of nitrogens with one attached hydrogen (secondary N) is 1. The largest absolute Gasteiger partial charge is 0.366 e. The fourth-order valence-electron chi connectivity index (χ4n) is 2.81. The molecule has 21 heavy (non-hydrogen) atoms. The van der Waals surface area contributed by atoms with Gasteiger partial charge in [0.2, 0.25) is 0 Å². The number of nitrogens with zero attached hydrogens (tertiary/aromatic N) is 3. The van der Waals surface area contributed by atoms with Crippen LogP contribution in [0, 0.1) is 19.7 Å². The first kappa shape index (κ1) is 13.9. The molecule has 1 N–H and O–H groups in total. The molecule has 0 unspecified atom stereocenters. The third-order valence-electron chi connectivity index (χ3n) is 3.75. The van der Waals surface area contributed by atoms with Gasteiger partial charge in [-0.15, -0.1) is 0 Å². The zero-order chi connectivity index (χ0) is 14.8. The molecule has 0 bridgehead atoms. The Morgan fingerprint density at radius 1 is 1.10 bits per heavy atom. The Labute approximate surface area is 124 Å². The molecule has 3 rings (SSSR count). The number of benzene rings is 1. The predicted molar refractivity (Wildman–Crippen MR) is 82.0 cm³/mol. The molecule has 0 aliphatic carbocycles. The number of aryl methyl sites for hydroxylation is 2. The Morgan fingerprint density at radius 3 is 2.38 bits per heavy atom. The van der Waals surface area contributed by atoms with Crippen molar-refractivity contribution in [3.8, 4) is 11.4 Å². The quantitative estimate of drug-likeness (QED) is 0.920. The second-order valence-electron chi connectivity index (χ2n) is 5.31. The van der Waals surface area contributed by atoms with Gasteiger partial charge in [-0.2, -0.15) is 0 Å². The normalized spacial score (nSPS) is 15.3. The van der Waals surface area contributed by atoms with Gasteiger partial charge in [-0.25, -0.2) is 14.4 Å². The summed E-state index contributed by atoms with van der Waals surface area (Å²) in [7, 11) is 0. The van der Waals surface area contributed by atoms with E-state index in [0.717, 1.165) is 43.3 Å². The molecular formula is C16H19FN4. The van der Waals surface area contributed by atoms with Gasteiger partial charge in [-0.1, -0.05) is 12.1 Å². The van der Waals surface area contributed by atoms with Crippen LogP contribution in [-0.4, -0.2) is 36.1 Å². The minimum atomic E-state index is -0.266. The van der Waals surface area contributed by atoms with Gasteiger partial charge in [0.15, 0.2) is 5.82 Å². The van der Waals surface area contributed by atoms with E-state index in [-0.39, 0.29) is 5.82 Å². The Bertz CT molecular complexity index is 627. The summed E-state index contributed by atoms with van der Waals surface area (Å²) in [5.74, 6) is 0.320. The highest BCUT2D eigenvalue weighted by atomic mass is 19.1. The van der Waals surface area contributed by atoms with Gasteiger partial charge >= 0.3 is 0 Å². The molecule has 5 heteroatoms. The number of rotatable bonds is 2. The lowest BCUT2D eigenvalue weighted by molar-refractivity contribution is 0.586. The van der Waals surface area contributed by atoms with E-state index < -0.39 is 0 Å². The van der Waals surface area contributed by atoms with E-state index in [1.807, 2.05) is 19.9 Å². The van der Waals surface area contributed by atoms with Crippen molar-refractivity contribution >= 4 is 5.69 Å². The summed E-state index contributed by atoms with van der Waals surface area (Å²) in [5, 5.41) is 3.34. The molecule has 1 aromatic heterocycles. The second kappa shape index (κ2) is 5.77. The van der Waals surface area contributed by atoms with Crippen LogP contribution in [-0.2, 0) is 0 Å². The maximum atomic E-state index is 13.4. The molecule has 4 nitrogen and oxygen atoms in total. The van der Waals surface area contributed by atoms with E-state index in [9.17, 15) is 4.39 Å². The second-order valence-corrected chi connectivity index (χ2v) is 5.31. The third kappa shape index (κ3) is 2.88. The van der Waals surface area contributed by atoms with Crippen LogP contribution >= 0.6 is 0 Å². The van der Waals surface area contributed by atoms with E-state index in [0.29, 0.717) is 11.4 Å². The summed E-state index contributed by atoms with van der Waals surface area (Å²) in [6.07, 6.45) is 0. The van der Waals surface area contributed by atoms with E-state index in [1.54, 1.807) is 6.07 Å². The average Bonchev–Trinajstić information content (AvgIpc) is 2.47. The van der Waals surface area contributed by atoms with Crippen LogP contribution in [0.2, 0.25) is 0 Å². The lowest BCUT2D eigenvalue weighted by atomic mass is 10.1. The lowest BCUT2D eigenvalue weighted by Gasteiger charge is -2.31. The number of hydrogen-bond acceptors (Lipinski definition) is 4. The molecule has 0 spiro atoms. The van der Waals surface area contributed by atoms with Gasteiger partial charge in [0, 0.05) is 31.7 Å². The maximum Gasteiger partial charge on any atom is 0.159 e. The van der Waals surface area contributed by atoms with E-state index >= 15 is 0 Å². The van der Waals surface area contributed by atoms with Gasteiger partial charge in [0.25, 0.3) is 0 Å². The van der Waals surface area contributed by atoms with Crippen molar-refractivity contribution in [1.82, 2.24) is 15.3 Å². The summed E-state index contributed by atoms with van der Waals surface area (Å²) in [4.78, 5) is 11.5. The maximum absolute atomic E-state index is 13.4. The molecule has 110 valence electrons. The first-order chi connectivity index (χ1) is 10.1. The monoisotopic (exact) mass is 286 g/mol. The Kier molecular flexibility index (Phi) is 3.84. The highest BCUT2D eigenvalue weighted by Crippen LogP contribution is 2.26. The summed E-state index contributed by atoms with van der Waals surface area (Å²) in [5.41, 5.74) is 3.72. The zero-order valence-corrected chi connectivity index (χ0v) is 12.4. The molecule has 0 radical (unpaired) electrons. The van der Waals surface area contributed by atoms with Crippen LogP contribution in [0.5, 0.6) is 0 Å². The van der Waals surface area contributed by atoms with Crippen molar-refractivity contribution in [1.29, 1.82) is 0 Å². The molecule has 2 aromatic rings. The topological polar surface area (TPSA) is 41.1 Å². The molecule has 1 saturated heterocycles. The standard InChI is InChI=1S/C16H19FN4/c1-11-15(21-8-6-18-7-9-21)12(2)20-16(19-11)13-4-3-5-14(17)10-13/h3-5,10,18H,6-9H2,1-2H3. The highest BCUT2D eigenvalue weighted by Gasteiger charge is 2.18. The van der Waals surface area contributed by atoms with Gasteiger partial charge in [0.1, 0.15) is 5.82 Å². The van der Waals surface area contributed by atoms with Crippen molar-refractivity contribution < 1.29 is 4.39 Å². The van der Waals surface area contributed by atoms with Crippen LogP contribution < -0.4 is 10.2 Å². The van der Waals surface area contributed by atoms with Crippen LogP contribution in [0.1, 0.15) is 11.4 Å². The van der Waals surface area contributed by atoms with E-state index in [1.165, 1.54) is 12.1 Å². The Hall–Kier alpha value is -2.01. The number of halogens is 1. The van der Waals surface area contributed by atoms with Crippen molar-refractivity contribution in [2.45, 2.75) is 13.8 Å². The number of piperazine rings is 1. The van der Waals surface area contributed by atoms with Crippen molar-refractivity contribution in [3.63, 3.8) is 0 Å². The molecule has 1 aliphatic rings. The van der Waals surface area contributed by atoms with Crippen molar-refractivity contribution in [2.75, 3.05) is 31.1 Å². The van der Waals surface area contributed by atoms with Crippen molar-refractivity contribution in [2.24, 2.45) is 0 Å². The smallest absolute Gasteiger partial charge is 0.159 e. The predicted octanol–water partition coefficient (Wildman–Crippen LogP) is 2.31. The molecular weight excluding hydrogens is 267 g/mol. The average molecular weight is 286 g/mol. The molecule has 0 amide bonds. The lowest BCUT2D eigenvalue weighted by Crippen LogP contribution is -2.44. The van der Waals surface area contributed by atoms with Gasteiger partial charge in [-0.05, 0) is 26.0 Å². The SMILES string of the molecule is Cc1nc(-c2cccc(F)c2)nc(C)c1N1CCNCC1. The van der Waals surface area contributed by atoms with Gasteiger partial charge in [0.05, 0.1) is 17.1 Å². The summed E-state index contributed by atoms with van der Waals surface area (Å²) >= 11 is 0. The summed E-state index contributed by atoms with van der Waals surface area (Å²) < 4.78 is 13.4. The van der Waals surface area contributed by atoms with Crippen LogP contribution in [0.25, 0.3) is 11.4 Å². The molecule has 2 heterocycles. The zero-order valence-electron chi connectivity index (χ0n) is 12.4. The van der Waals surface area contributed by atoms with Crippen LogP contribution in [0.4, 0.5) is 10.1 Å². The van der Waals surface area contributed by atoms with Gasteiger partial charge < -0.3 is 10.2 Å². The van der Waals surface area contributed by atoms with E-state index in [2.05, 4.69) is 20.2 Å². The number of hydrogen-bond donors (Lipinski definition) is 1. The van der Waals surface area contributed by atoms with Crippen molar-refractivity contribution in [3.05, 3.63) is 41.5 Å². The number of aromatic nitrogens is 2. The van der Waals surface area contributed by atoms with Gasteiger partial charge in [-0.3, -0.25) is 0 Å². The molecule has 0 atom stereocenters. The molecule has 0 saturated carbocycles. The molecule has 1 aliphatic heterocycles. The van der Waals surface area contributed by atoms with E-state index in [4.69, 9.17) is 0 Å². The summed E-state index contributed by atoms with van der Waals surface area (Å²) in [6.45, 7) is 7.87. The first-order valence-corrected chi connectivity index (χ1v) is 7.22. The Balaban J connectivity index is 1.99. The first-order valence-electron chi connectivity index (χ1n) is 7.22. The molecule has 1 aromatic carbocycles. The molecule has 1 fully saturated rings. The highest BCUT2D eigenvalue weighted by molar-refractivity contribution is 5.61. The fourth-order valence-corrected chi connectivity index (χ4v) is 2.81. The van der Waals surface area contributed by atoms with Crippen LogP contribution in [0.15, 0.2) is 24.3 Å². The summed E-state index contributed by atoms with van der Waals surface area (Å²) in [6, 6.07) is 6.42. The third-order valence-corrected chi connectivity index (χ3v) is 3.75.